The molecule has 0 aliphatic carbocycles. The molecule has 3 N–H and O–H groups in total. The lowest BCUT2D eigenvalue weighted by Gasteiger charge is -2.15. The van der Waals surface area contributed by atoms with E-state index in [1.165, 1.54) is 0 Å². The maximum atomic E-state index is 10.4. The number of rotatable bonds is 0. The highest BCUT2D eigenvalue weighted by atomic mass is 16.4. The van der Waals surface area contributed by atoms with E-state index >= 15 is 0 Å². The Morgan fingerprint density at radius 1 is 1.10 bits per heavy atom. The van der Waals surface area contributed by atoms with E-state index < -0.39 is 23.9 Å². The van der Waals surface area contributed by atoms with Crippen LogP contribution >= 0.6 is 0 Å². The molecule has 0 aromatic rings. The molecule has 0 aromatic heterocycles. The van der Waals surface area contributed by atoms with Gasteiger partial charge in [-0.15, -0.1) is 0 Å². The first-order chi connectivity index (χ1) is 4.61. The summed E-state index contributed by atoms with van der Waals surface area (Å²) in [5.74, 6) is -1.98. The van der Waals surface area contributed by atoms with E-state index in [0.29, 0.717) is 0 Å². The highest BCUT2D eigenvalue weighted by Gasteiger charge is 2.31. The number of aliphatic hydroxyl groups is 1. The van der Waals surface area contributed by atoms with Gasteiger partial charge in [0.25, 0.3) is 11.8 Å². The average Bonchev–Trinajstić information content (AvgIpc) is 1.82. The van der Waals surface area contributed by atoms with Gasteiger partial charge in [0, 0.05) is 0 Å². The molecule has 10 heavy (non-hydrogen) atoms. The third kappa shape index (κ3) is 0.960. The molecule has 1 aliphatic rings. The van der Waals surface area contributed by atoms with Crippen molar-refractivity contribution in [3.63, 3.8) is 0 Å². The normalized spacial score (nSPS) is 20.3. The van der Waals surface area contributed by atoms with Gasteiger partial charge in [0.05, 0.1) is 0 Å². The van der Waals surface area contributed by atoms with E-state index in [-0.39, 0.29) is 0 Å². The standard InChI is InChI=1S/C4H4N2O4/c7-1-2(8)5-4(10)6-3(1)9/h1,7H,(H2,5,6,8,9,10)/i4+1,5+1,6+1. The fourth-order valence-corrected chi connectivity index (χ4v) is 0.511. The zero-order valence-electron chi connectivity index (χ0n) is 4.75. The molecule has 0 bridgehead atoms. The largest absolute Gasteiger partial charge is 0.375 e. The summed E-state index contributed by atoms with van der Waals surface area (Å²) in [6.45, 7) is 0. The van der Waals surface area contributed by atoms with Crippen LogP contribution in [0.3, 0.4) is 0 Å². The summed E-state index contributed by atoms with van der Waals surface area (Å²) < 4.78 is 0. The number of hydrogen-bond donors (Lipinski definition) is 3. The van der Waals surface area contributed by atoms with Crippen molar-refractivity contribution in [1.82, 2.24) is 10.6 Å². The van der Waals surface area contributed by atoms with E-state index in [1.807, 2.05) is 0 Å². The second kappa shape index (κ2) is 2.07. The van der Waals surface area contributed by atoms with Crippen molar-refractivity contribution in [2.45, 2.75) is 6.10 Å². The van der Waals surface area contributed by atoms with Gasteiger partial charge in [-0.25, -0.2) is 4.79 Å². The molecule has 0 radical (unpaired) electrons. The van der Waals surface area contributed by atoms with Gasteiger partial charge in [0.1, 0.15) is 0 Å². The van der Waals surface area contributed by atoms with E-state index in [1.54, 1.807) is 10.6 Å². The SMILES string of the molecule is O=C1[15NH][13C](=O)[15NH]C(=O)C1O. The Hall–Kier alpha value is -1.43. The summed E-state index contributed by atoms with van der Waals surface area (Å²) >= 11 is 0. The van der Waals surface area contributed by atoms with Gasteiger partial charge in [-0.2, -0.15) is 0 Å². The summed E-state index contributed by atoms with van der Waals surface area (Å²) in [5.41, 5.74) is 0. The molecular weight excluding hydrogens is 143 g/mol. The van der Waals surface area contributed by atoms with Crippen molar-refractivity contribution >= 4 is 17.8 Å². The third-order valence-corrected chi connectivity index (χ3v) is 0.970. The number of nitrogens with one attached hydrogen (secondary N) is 2. The molecule has 1 rings (SSSR count). The minimum atomic E-state index is -1.77. The van der Waals surface area contributed by atoms with E-state index in [4.69, 9.17) is 5.11 Å². The molecule has 1 heterocycles. The number of carbonyl (C=O) groups excluding carboxylic acids is 3. The molecule has 1 aliphatic heterocycles. The molecule has 6 nitrogen and oxygen atoms in total. The lowest BCUT2D eigenvalue weighted by atomic mass is 10.3. The van der Waals surface area contributed by atoms with Gasteiger partial charge in [-0.05, 0) is 0 Å². The monoisotopic (exact) mass is 147 g/mol. The van der Waals surface area contributed by atoms with Gasteiger partial charge in [-0.1, -0.05) is 0 Å². The second-order valence-corrected chi connectivity index (χ2v) is 1.71. The topological polar surface area (TPSA) is 95.5 Å². The minimum absolute atomic E-state index is 0.903. The molecule has 6 heteroatoms. The average molecular weight is 147 g/mol. The van der Waals surface area contributed by atoms with Crippen LogP contribution in [-0.4, -0.2) is 29.1 Å². The Balaban J connectivity index is 2.76. The molecule has 0 spiro atoms. The predicted octanol–water partition coefficient (Wildman–Crippen LogP) is -2.29. The fourth-order valence-electron chi connectivity index (χ4n) is 0.511. The van der Waals surface area contributed by atoms with E-state index in [9.17, 15) is 14.4 Å². The molecule has 0 atom stereocenters. The summed E-state index contributed by atoms with van der Waals surface area (Å²) in [7, 11) is 0. The second-order valence-electron chi connectivity index (χ2n) is 1.71. The quantitative estimate of drug-likeness (QED) is 0.204. The number of amides is 4. The van der Waals surface area contributed by atoms with Crippen LogP contribution in [0.25, 0.3) is 0 Å². The Morgan fingerprint density at radius 2 is 1.50 bits per heavy atom. The molecule has 1 fully saturated rings. The van der Waals surface area contributed by atoms with Gasteiger partial charge in [0.2, 0.25) is 6.10 Å². The number of imide groups is 2. The van der Waals surface area contributed by atoms with Crippen molar-refractivity contribution in [3.8, 4) is 0 Å². The number of hydrogen-bond acceptors (Lipinski definition) is 4. The zero-order chi connectivity index (χ0) is 7.72. The van der Waals surface area contributed by atoms with Gasteiger partial charge in [-0.3, -0.25) is 20.2 Å². The van der Waals surface area contributed by atoms with E-state index in [2.05, 4.69) is 0 Å². The van der Waals surface area contributed by atoms with Crippen LogP contribution in [0, 0.1) is 0 Å². The fraction of sp³-hybridized carbons (Fsp3) is 0.250. The molecule has 1 saturated heterocycles. The van der Waals surface area contributed by atoms with Crippen LogP contribution in [0.2, 0.25) is 0 Å². The van der Waals surface area contributed by atoms with Crippen molar-refractivity contribution < 1.29 is 19.5 Å². The zero-order valence-corrected chi connectivity index (χ0v) is 4.75. The van der Waals surface area contributed by atoms with Crippen LogP contribution in [0.1, 0.15) is 0 Å². The number of carbonyl (C=O) groups is 3. The number of barbiturate groups is 1. The van der Waals surface area contributed by atoms with Crippen molar-refractivity contribution in [2.24, 2.45) is 0 Å². The minimum Gasteiger partial charge on any atom is -0.375 e. The van der Waals surface area contributed by atoms with Crippen LogP contribution < -0.4 is 10.6 Å². The van der Waals surface area contributed by atoms with Crippen LogP contribution in [0.4, 0.5) is 4.79 Å². The lowest BCUT2D eigenvalue weighted by Crippen LogP contribution is -2.58. The molecule has 0 unspecified atom stereocenters. The number of urea groups is 1. The molecule has 0 saturated carbocycles. The maximum Gasteiger partial charge on any atom is 0.328 e. The Labute approximate surface area is 55.2 Å². The predicted molar refractivity (Wildman–Crippen MR) is 27.7 cm³/mol. The first-order valence-corrected chi connectivity index (χ1v) is 2.45. The molecule has 54 valence electrons. The summed E-state index contributed by atoms with van der Waals surface area (Å²) in [6.07, 6.45) is -1.77. The molecule has 4 amide bonds. The summed E-state index contributed by atoms with van der Waals surface area (Å²) in [6, 6.07) is -0.903. The van der Waals surface area contributed by atoms with E-state index in [0.717, 1.165) is 0 Å². The maximum absolute atomic E-state index is 10.4. The van der Waals surface area contributed by atoms with Crippen LogP contribution in [-0.2, 0) is 9.59 Å². The van der Waals surface area contributed by atoms with Crippen molar-refractivity contribution in [1.29, 1.82) is 0 Å². The van der Waals surface area contributed by atoms with Gasteiger partial charge >= 0.3 is 6.03 Å². The Bertz CT molecular complexity index is 191. The first kappa shape index (κ1) is 6.69. The smallest absolute Gasteiger partial charge is 0.328 e. The van der Waals surface area contributed by atoms with Gasteiger partial charge < -0.3 is 5.11 Å². The van der Waals surface area contributed by atoms with Crippen molar-refractivity contribution in [2.75, 3.05) is 0 Å². The highest BCUT2D eigenvalue weighted by Crippen LogP contribution is 1.88. The van der Waals surface area contributed by atoms with Crippen LogP contribution in [0.15, 0.2) is 0 Å². The molecular formula is C4H4N2O4. The van der Waals surface area contributed by atoms with Gasteiger partial charge in [0.15, 0.2) is 0 Å². The first-order valence-electron chi connectivity index (χ1n) is 2.45. The summed E-state index contributed by atoms with van der Waals surface area (Å²) in [4.78, 5) is 31.0. The molecule has 0 aromatic carbocycles. The van der Waals surface area contributed by atoms with Crippen molar-refractivity contribution in [3.05, 3.63) is 0 Å². The van der Waals surface area contributed by atoms with Crippen LogP contribution in [0.5, 0.6) is 0 Å². The Kier molecular flexibility index (Phi) is 1.38. The lowest BCUT2D eigenvalue weighted by molar-refractivity contribution is -0.141. The summed E-state index contributed by atoms with van der Waals surface area (Å²) in [5, 5.41) is 12.0. The third-order valence-electron chi connectivity index (χ3n) is 0.970. The number of aliphatic hydroxyl groups excluding tert-OH is 1. The Morgan fingerprint density at radius 3 is 1.90 bits per heavy atom. The highest BCUT2D eigenvalue weighted by molar-refractivity contribution is 6.17.